The molecule has 3 unspecified atom stereocenters. The Morgan fingerprint density at radius 2 is 2.23 bits per heavy atom. The van der Waals surface area contributed by atoms with Crippen molar-refractivity contribution < 1.29 is 13.5 Å². The summed E-state index contributed by atoms with van der Waals surface area (Å²) < 4.78 is 22.5. The number of aliphatic hydroxyl groups excluding tert-OH is 1. The Kier molecular flexibility index (Phi) is 3.32. The van der Waals surface area contributed by atoms with Gasteiger partial charge in [-0.05, 0) is 25.7 Å². The molecule has 3 N–H and O–H groups in total. The Bertz CT molecular complexity index is 261. The summed E-state index contributed by atoms with van der Waals surface area (Å²) in [6, 6.07) is -0.0712. The van der Waals surface area contributed by atoms with E-state index in [0.29, 0.717) is 12.8 Å². The van der Waals surface area contributed by atoms with Crippen molar-refractivity contribution in [3.05, 3.63) is 0 Å². The lowest BCUT2D eigenvalue weighted by Gasteiger charge is -2.29. The lowest BCUT2D eigenvalue weighted by Crippen LogP contribution is -2.43. The van der Waals surface area contributed by atoms with Crippen LogP contribution < -0.4 is 5.73 Å². The predicted octanol–water partition coefficient (Wildman–Crippen LogP) is -0.481. The fourth-order valence-corrected chi connectivity index (χ4v) is 3.60. The van der Waals surface area contributed by atoms with Crippen molar-refractivity contribution in [2.75, 3.05) is 11.5 Å². The van der Waals surface area contributed by atoms with Crippen LogP contribution in [0.15, 0.2) is 0 Å². The number of hydrogen-bond acceptors (Lipinski definition) is 4. The van der Waals surface area contributed by atoms with E-state index in [4.69, 9.17) is 10.8 Å². The standard InChI is InChI=1S/C8H17NO3S/c1-6(10)4-7-5-13(11,12)3-2-8(7)9/h6-8,10H,2-5,9H2,1H3. The van der Waals surface area contributed by atoms with Crippen molar-refractivity contribution in [2.24, 2.45) is 11.7 Å². The largest absolute Gasteiger partial charge is 0.393 e. The molecule has 0 spiro atoms. The van der Waals surface area contributed by atoms with E-state index in [1.165, 1.54) is 0 Å². The highest BCUT2D eigenvalue weighted by molar-refractivity contribution is 7.91. The van der Waals surface area contributed by atoms with Gasteiger partial charge in [-0.3, -0.25) is 0 Å². The van der Waals surface area contributed by atoms with Gasteiger partial charge < -0.3 is 10.8 Å². The Morgan fingerprint density at radius 1 is 1.62 bits per heavy atom. The van der Waals surface area contributed by atoms with Crippen molar-refractivity contribution in [1.82, 2.24) is 0 Å². The van der Waals surface area contributed by atoms with Gasteiger partial charge in [-0.15, -0.1) is 0 Å². The maximum Gasteiger partial charge on any atom is 0.150 e. The molecule has 1 fully saturated rings. The molecule has 78 valence electrons. The van der Waals surface area contributed by atoms with E-state index >= 15 is 0 Å². The van der Waals surface area contributed by atoms with Crippen molar-refractivity contribution in [1.29, 1.82) is 0 Å². The summed E-state index contributed by atoms with van der Waals surface area (Å²) in [5.41, 5.74) is 5.77. The number of rotatable bonds is 2. The monoisotopic (exact) mass is 207 g/mol. The predicted molar refractivity (Wildman–Crippen MR) is 51.0 cm³/mol. The van der Waals surface area contributed by atoms with Crippen molar-refractivity contribution in [2.45, 2.75) is 31.9 Å². The molecule has 4 nitrogen and oxygen atoms in total. The quantitative estimate of drug-likeness (QED) is 0.641. The third kappa shape index (κ3) is 3.25. The van der Waals surface area contributed by atoms with Crippen LogP contribution in [0.5, 0.6) is 0 Å². The molecule has 0 radical (unpaired) electrons. The zero-order valence-corrected chi connectivity index (χ0v) is 8.63. The van der Waals surface area contributed by atoms with Gasteiger partial charge >= 0.3 is 0 Å². The maximum absolute atomic E-state index is 11.3. The minimum absolute atomic E-state index is 0.0706. The molecule has 1 heterocycles. The molecule has 0 aromatic heterocycles. The molecule has 3 atom stereocenters. The van der Waals surface area contributed by atoms with Crippen LogP contribution >= 0.6 is 0 Å². The second-order valence-electron chi connectivity index (χ2n) is 3.91. The first kappa shape index (κ1) is 10.9. The van der Waals surface area contributed by atoms with Gasteiger partial charge in [0.15, 0.2) is 9.84 Å². The van der Waals surface area contributed by atoms with Crippen LogP contribution in [0.2, 0.25) is 0 Å². The summed E-state index contributed by atoms with van der Waals surface area (Å²) in [7, 11) is -2.90. The lowest BCUT2D eigenvalue weighted by molar-refractivity contribution is 0.156. The van der Waals surface area contributed by atoms with Gasteiger partial charge in [-0.2, -0.15) is 0 Å². The molecule has 1 aliphatic heterocycles. The van der Waals surface area contributed by atoms with Crippen molar-refractivity contribution in [3.8, 4) is 0 Å². The van der Waals surface area contributed by atoms with Crippen molar-refractivity contribution >= 4 is 9.84 Å². The smallest absolute Gasteiger partial charge is 0.150 e. The van der Waals surface area contributed by atoms with Gasteiger partial charge in [0.25, 0.3) is 0 Å². The first-order valence-electron chi connectivity index (χ1n) is 4.55. The van der Waals surface area contributed by atoms with Crippen LogP contribution in [0.25, 0.3) is 0 Å². The van der Waals surface area contributed by atoms with Gasteiger partial charge in [0.05, 0.1) is 17.6 Å². The van der Waals surface area contributed by atoms with Gasteiger partial charge in [-0.25, -0.2) is 8.42 Å². The number of aliphatic hydroxyl groups is 1. The van der Waals surface area contributed by atoms with Gasteiger partial charge in [0.2, 0.25) is 0 Å². The molecular formula is C8H17NO3S. The topological polar surface area (TPSA) is 80.4 Å². The van der Waals surface area contributed by atoms with Crippen LogP contribution in [-0.4, -0.2) is 37.2 Å². The highest BCUT2D eigenvalue weighted by atomic mass is 32.2. The molecule has 1 rings (SSSR count). The van der Waals surface area contributed by atoms with E-state index in [2.05, 4.69) is 0 Å². The molecule has 0 bridgehead atoms. The summed E-state index contributed by atoms with van der Waals surface area (Å²) in [5.74, 6) is 0.266. The van der Waals surface area contributed by atoms with Crippen LogP contribution in [0, 0.1) is 5.92 Å². The number of hydrogen-bond donors (Lipinski definition) is 2. The SMILES string of the molecule is CC(O)CC1CS(=O)(=O)CCC1N. The maximum atomic E-state index is 11.3. The van der Waals surface area contributed by atoms with Crippen LogP contribution in [0.4, 0.5) is 0 Å². The minimum Gasteiger partial charge on any atom is -0.393 e. The molecule has 5 heteroatoms. The molecular weight excluding hydrogens is 190 g/mol. The van der Waals surface area contributed by atoms with Crippen LogP contribution in [0.3, 0.4) is 0 Å². The molecule has 0 saturated carbocycles. The van der Waals surface area contributed by atoms with Gasteiger partial charge in [0.1, 0.15) is 0 Å². The van der Waals surface area contributed by atoms with Gasteiger partial charge in [-0.1, -0.05) is 0 Å². The minimum atomic E-state index is -2.90. The Balaban J connectivity index is 2.61. The molecule has 0 aliphatic carbocycles. The van der Waals surface area contributed by atoms with E-state index in [-0.39, 0.29) is 23.5 Å². The lowest BCUT2D eigenvalue weighted by atomic mass is 9.94. The van der Waals surface area contributed by atoms with Crippen LogP contribution in [0.1, 0.15) is 19.8 Å². The number of nitrogens with two attached hydrogens (primary N) is 1. The zero-order chi connectivity index (χ0) is 10.1. The fourth-order valence-electron chi connectivity index (χ4n) is 1.77. The van der Waals surface area contributed by atoms with E-state index in [1.54, 1.807) is 6.92 Å². The second kappa shape index (κ2) is 3.94. The summed E-state index contributed by atoms with van der Waals surface area (Å²) in [6.45, 7) is 1.66. The van der Waals surface area contributed by atoms with Crippen molar-refractivity contribution in [3.63, 3.8) is 0 Å². The molecule has 0 aromatic carbocycles. The fraction of sp³-hybridized carbons (Fsp3) is 1.00. The summed E-state index contributed by atoms with van der Waals surface area (Å²) in [6.07, 6.45) is 0.546. The Labute approximate surface area is 79.0 Å². The zero-order valence-electron chi connectivity index (χ0n) is 7.81. The van der Waals surface area contributed by atoms with E-state index < -0.39 is 15.9 Å². The van der Waals surface area contributed by atoms with E-state index in [9.17, 15) is 8.42 Å². The molecule has 0 amide bonds. The third-order valence-corrected chi connectivity index (χ3v) is 4.27. The summed E-state index contributed by atoms with van der Waals surface area (Å²) in [4.78, 5) is 0. The van der Waals surface area contributed by atoms with Crippen LogP contribution in [-0.2, 0) is 9.84 Å². The average molecular weight is 207 g/mol. The highest BCUT2D eigenvalue weighted by Gasteiger charge is 2.31. The molecule has 0 aromatic rings. The average Bonchev–Trinajstić information content (AvgIpc) is 1.95. The Morgan fingerprint density at radius 3 is 2.77 bits per heavy atom. The third-order valence-electron chi connectivity index (χ3n) is 2.48. The van der Waals surface area contributed by atoms with Gasteiger partial charge in [0, 0.05) is 6.04 Å². The summed E-state index contributed by atoms with van der Waals surface area (Å²) >= 11 is 0. The summed E-state index contributed by atoms with van der Waals surface area (Å²) in [5, 5.41) is 9.14. The molecule has 1 saturated heterocycles. The first-order chi connectivity index (χ1) is 5.91. The molecule has 13 heavy (non-hydrogen) atoms. The normalized spacial score (nSPS) is 35.6. The van der Waals surface area contributed by atoms with E-state index in [0.717, 1.165) is 0 Å². The first-order valence-corrected chi connectivity index (χ1v) is 6.37. The number of sulfone groups is 1. The highest BCUT2D eigenvalue weighted by Crippen LogP contribution is 2.21. The molecule has 1 aliphatic rings. The Hall–Kier alpha value is -0.130. The van der Waals surface area contributed by atoms with E-state index in [1.807, 2.05) is 0 Å². The second-order valence-corrected chi connectivity index (χ2v) is 6.14.